The van der Waals surface area contributed by atoms with E-state index in [0.717, 1.165) is 50.4 Å². The molecule has 0 unspecified atom stereocenters. The van der Waals surface area contributed by atoms with Crippen LogP contribution in [0.4, 0.5) is 0 Å². The van der Waals surface area contributed by atoms with Gasteiger partial charge < -0.3 is 0 Å². The molecule has 2 aromatic heterocycles. The summed E-state index contributed by atoms with van der Waals surface area (Å²) in [4.78, 5) is 18.6. The minimum Gasteiger partial charge on any atom is -0.299 e. The topological polar surface area (TPSA) is 66.8 Å². The molecule has 0 aromatic carbocycles. The average molecular weight is 301 g/mol. The fourth-order valence-electron chi connectivity index (χ4n) is 3.08. The number of H-pyrrole nitrogens is 1. The third-order valence-corrected chi connectivity index (χ3v) is 4.38. The first kappa shape index (κ1) is 15.0. The zero-order valence-corrected chi connectivity index (χ0v) is 13.2. The number of likely N-dealkylation sites (tertiary alicyclic amines) is 1. The van der Waals surface area contributed by atoms with Gasteiger partial charge in [-0.25, -0.2) is 4.98 Å². The van der Waals surface area contributed by atoms with Crippen molar-refractivity contribution in [3.63, 3.8) is 0 Å². The van der Waals surface area contributed by atoms with Gasteiger partial charge in [-0.05, 0) is 51.8 Å². The molecule has 0 radical (unpaired) electrons. The quantitative estimate of drug-likeness (QED) is 0.929. The molecule has 0 saturated carbocycles. The monoisotopic (exact) mass is 301 g/mol. The Morgan fingerprint density at radius 3 is 2.77 bits per heavy atom. The van der Waals surface area contributed by atoms with Gasteiger partial charge in [-0.2, -0.15) is 5.10 Å². The fraction of sp³-hybridized carbons (Fsp3) is 0.562. The van der Waals surface area contributed by atoms with Crippen LogP contribution in [0.25, 0.3) is 0 Å². The summed E-state index contributed by atoms with van der Waals surface area (Å²) in [6.45, 7) is 7.65. The lowest BCUT2D eigenvalue weighted by Gasteiger charge is -2.31. The number of piperidine rings is 1. The van der Waals surface area contributed by atoms with E-state index in [-0.39, 0.29) is 5.56 Å². The van der Waals surface area contributed by atoms with Crippen LogP contribution in [0.2, 0.25) is 0 Å². The molecule has 0 bridgehead atoms. The van der Waals surface area contributed by atoms with Gasteiger partial charge in [-0.15, -0.1) is 0 Å². The summed E-state index contributed by atoms with van der Waals surface area (Å²) in [7, 11) is 0. The van der Waals surface area contributed by atoms with E-state index < -0.39 is 0 Å². The van der Waals surface area contributed by atoms with Crippen molar-refractivity contribution >= 4 is 0 Å². The number of nitrogens with one attached hydrogen (secondary N) is 1. The second-order valence-corrected chi connectivity index (χ2v) is 6.30. The number of hydrogen-bond donors (Lipinski definition) is 1. The first-order chi connectivity index (χ1) is 10.6. The van der Waals surface area contributed by atoms with Gasteiger partial charge in [0.15, 0.2) is 0 Å². The Morgan fingerprint density at radius 1 is 1.32 bits per heavy atom. The molecule has 118 valence electrons. The Hall–Kier alpha value is -1.95. The van der Waals surface area contributed by atoms with Crippen LogP contribution in [0.3, 0.4) is 0 Å². The Morgan fingerprint density at radius 2 is 2.09 bits per heavy atom. The maximum Gasteiger partial charge on any atom is 0.256 e. The smallest absolute Gasteiger partial charge is 0.256 e. The first-order valence-electron chi connectivity index (χ1n) is 7.86. The van der Waals surface area contributed by atoms with Gasteiger partial charge in [0.2, 0.25) is 0 Å². The van der Waals surface area contributed by atoms with E-state index in [9.17, 15) is 4.79 Å². The Labute approximate surface area is 130 Å². The number of rotatable bonds is 4. The summed E-state index contributed by atoms with van der Waals surface area (Å²) < 4.78 is 1.76. The number of nitrogens with zero attached hydrogens (tertiary/aromatic N) is 4. The van der Waals surface area contributed by atoms with Crippen molar-refractivity contribution < 1.29 is 0 Å². The molecule has 1 N–H and O–H groups in total. The lowest BCUT2D eigenvalue weighted by molar-refractivity contribution is 0.164. The van der Waals surface area contributed by atoms with Gasteiger partial charge >= 0.3 is 0 Å². The highest BCUT2D eigenvalue weighted by Gasteiger charge is 2.20. The molecule has 3 rings (SSSR count). The number of aromatic nitrogens is 4. The van der Waals surface area contributed by atoms with Crippen LogP contribution < -0.4 is 5.56 Å². The number of aryl methyl sites for hydroxylation is 2. The zero-order valence-electron chi connectivity index (χ0n) is 13.2. The molecular formula is C16H23N5O. The van der Waals surface area contributed by atoms with Crippen LogP contribution in [0.15, 0.2) is 23.4 Å². The fourth-order valence-corrected chi connectivity index (χ4v) is 3.08. The van der Waals surface area contributed by atoms with Gasteiger partial charge in [0.05, 0.1) is 12.0 Å². The van der Waals surface area contributed by atoms with E-state index >= 15 is 0 Å². The lowest BCUT2D eigenvalue weighted by Crippen LogP contribution is -2.36. The number of hydrogen-bond acceptors (Lipinski definition) is 4. The SMILES string of the molecule is Cc1cc(CN2CCC(Cn3cncc(C)c3=O)CC2)n[nH]1. The molecule has 1 aliphatic rings. The largest absolute Gasteiger partial charge is 0.299 e. The summed E-state index contributed by atoms with van der Waals surface area (Å²) in [5, 5.41) is 7.29. The van der Waals surface area contributed by atoms with E-state index in [2.05, 4.69) is 26.1 Å². The van der Waals surface area contributed by atoms with Crippen LogP contribution >= 0.6 is 0 Å². The molecule has 1 aliphatic heterocycles. The average Bonchev–Trinajstić information content (AvgIpc) is 2.91. The Kier molecular flexibility index (Phi) is 4.38. The van der Waals surface area contributed by atoms with Crippen molar-refractivity contribution in [3.8, 4) is 0 Å². The van der Waals surface area contributed by atoms with E-state index in [1.54, 1.807) is 17.1 Å². The summed E-state index contributed by atoms with van der Waals surface area (Å²) >= 11 is 0. The predicted octanol–water partition coefficient (Wildman–Crippen LogP) is 1.50. The highest BCUT2D eigenvalue weighted by molar-refractivity contribution is 5.06. The molecule has 0 spiro atoms. The van der Waals surface area contributed by atoms with Gasteiger partial charge in [-0.1, -0.05) is 0 Å². The third kappa shape index (κ3) is 3.44. The molecule has 0 atom stereocenters. The second-order valence-electron chi connectivity index (χ2n) is 6.30. The maximum atomic E-state index is 12.1. The molecule has 6 heteroatoms. The molecular weight excluding hydrogens is 278 g/mol. The van der Waals surface area contributed by atoms with Gasteiger partial charge in [0, 0.05) is 30.5 Å². The molecule has 0 amide bonds. The van der Waals surface area contributed by atoms with E-state index in [1.807, 2.05) is 13.8 Å². The van der Waals surface area contributed by atoms with Crippen LogP contribution in [0.5, 0.6) is 0 Å². The van der Waals surface area contributed by atoms with Crippen LogP contribution in [-0.2, 0) is 13.1 Å². The normalized spacial score (nSPS) is 17.0. The van der Waals surface area contributed by atoms with Crippen molar-refractivity contribution in [1.82, 2.24) is 24.6 Å². The van der Waals surface area contributed by atoms with Crippen molar-refractivity contribution in [2.24, 2.45) is 5.92 Å². The first-order valence-corrected chi connectivity index (χ1v) is 7.86. The third-order valence-electron chi connectivity index (χ3n) is 4.38. The molecule has 1 saturated heterocycles. The van der Waals surface area contributed by atoms with Gasteiger partial charge in [0.1, 0.15) is 0 Å². The summed E-state index contributed by atoms with van der Waals surface area (Å²) in [6, 6.07) is 2.10. The summed E-state index contributed by atoms with van der Waals surface area (Å²) in [5.41, 5.74) is 3.02. The van der Waals surface area contributed by atoms with Gasteiger partial charge in [0.25, 0.3) is 5.56 Å². The lowest BCUT2D eigenvalue weighted by atomic mass is 9.96. The predicted molar refractivity (Wildman–Crippen MR) is 84.6 cm³/mol. The molecule has 3 heterocycles. The minimum absolute atomic E-state index is 0.0874. The Bertz CT molecular complexity index is 682. The summed E-state index contributed by atoms with van der Waals surface area (Å²) in [6.07, 6.45) is 5.52. The zero-order chi connectivity index (χ0) is 15.5. The second kappa shape index (κ2) is 6.44. The summed E-state index contributed by atoms with van der Waals surface area (Å²) in [5.74, 6) is 0.554. The molecule has 2 aromatic rings. The van der Waals surface area contributed by atoms with Crippen LogP contribution in [0.1, 0.15) is 29.8 Å². The molecule has 22 heavy (non-hydrogen) atoms. The van der Waals surface area contributed by atoms with Crippen LogP contribution in [-0.4, -0.2) is 37.7 Å². The molecule has 1 fully saturated rings. The van der Waals surface area contributed by atoms with E-state index in [4.69, 9.17) is 0 Å². The minimum atomic E-state index is 0.0874. The van der Waals surface area contributed by atoms with E-state index in [1.165, 1.54) is 0 Å². The van der Waals surface area contributed by atoms with Crippen molar-refractivity contribution in [2.75, 3.05) is 13.1 Å². The number of aromatic amines is 1. The highest BCUT2D eigenvalue weighted by atomic mass is 16.1. The van der Waals surface area contributed by atoms with E-state index in [0.29, 0.717) is 11.5 Å². The van der Waals surface area contributed by atoms with Crippen molar-refractivity contribution in [2.45, 2.75) is 39.8 Å². The molecule has 6 nitrogen and oxygen atoms in total. The maximum absolute atomic E-state index is 12.1. The van der Waals surface area contributed by atoms with Crippen molar-refractivity contribution in [1.29, 1.82) is 0 Å². The Balaban J connectivity index is 1.53. The van der Waals surface area contributed by atoms with Gasteiger partial charge in [-0.3, -0.25) is 19.4 Å². The molecule has 0 aliphatic carbocycles. The highest BCUT2D eigenvalue weighted by Crippen LogP contribution is 2.20. The van der Waals surface area contributed by atoms with Crippen LogP contribution in [0, 0.1) is 19.8 Å². The van der Waals surface area contributed by atoms with Crippen molar-refractivity contribution in [3.05, 3.63) is 45.9 Å². The standard InChI is InChI=1S/C16H23N5O/c1-12-8-17-11-21(16(12)22)9-14-3-5-20(6-4-14)10-15-7-13(2)18-19-15/h7-8,11,14H,3-6,9-10H2,1-2H3,(H,18,19).